The molecule has 5 nitrogen and oxygen atoms in total. The first-order chi connectivity index (χ1) is 8.58. The van der Waals surface area contributed by atoms with Crippen LogP contribution in [0.2, 0.25) is 0 Å². The highest BCUT2D eigenvalue weighted by Crippen LogP contribution is 2.36. The second kappa shape index (κ2) is 4.67. The van der Waals surface area contributed by atoms with Crippen molar-refractivity contribution in [1.29, 1.82) is 0 Å². The molecule has 2 rings (SSSR count). The highest BCUT2D eigenvalue weighted by atomic mass is 16.3. The van der Waals surface area contributed by atoms with Crippen molar-refractivity contribution >= 4 is 11.9 Å². The van der Waals surface area contributed by atoms with Crippen LogP contribution in [0.15, 0.2) is 41.4 Å². The number of benzene rings is 2. The highest BCUT2D eigenvalue weighted by molar-refractivity contribution is 5.87. The molecule has 0 spiro atoms. The van der Waals surface area contributed by atoms with Gasteiger partial charge in [0.1, 0.15) is 5.75 Å². The van der Waals surface area contributed by atoms with Crippen molar-refractivity contribution in [2.45, 2.75) is 0 Å². The summed E-state index contributed by atoms with van der Waals surface area (Å²) in [5.41, 5.74) is 0.859. The molecule has 0 aromatic heterocycles. The molecule has 0 aliphatic carbocycles. The van der Waals surface area contributed by atoms with Crippen molar-refractivity contribution < 1.29 is 20.4 Å². The van der Waals surface area contributed by atoms with Gasteiger partial charge in [-0.05, 0) is 36.4 Å². The number of nitrogens with zero attached hydrogens (tertiary/aromatic N) is 1. The molecule has 0 saturated carbocycles. The molecule has 0 heterocycles. The minimum atomic E-state index is -0.579. The van der Waals surface area contributed by atoms with Crippen molar-refractivity contribution in [3.05, 3.63) is 42.0 Å². The minimum absolute atomic E-state index is 0.138. The predicted molar refractivity (Wildman–Crippen MR) is 66.8 cm³/mol. The van der Waals surface area contributed by atoms with Crippen LogP contribution in [0.1, 0.15) is 5.56 Å². The predicted octanol–water partition coefficient (Wildman–Crippen LogP) is 2.26. The molecular weight excluding hydrogens is 234 g/mol. The van der Waals surface area contributed by atoms with E-state index in [4.69, 9.17) is 10.2 Å². The van der Waals surface area contributed by atoms with Gasteiger partial charge in [-0.1, -0.05) is 0 Å². The van der Waals surface area contributed by atoms with Crippen LogP contribution >= 0.6 is 0 Å². The number of aliphatic imine (C=N–C) groups is 1. The van der Waals surface area contributed by atoms with Gasteiger partial charge in [0, 0.05) is 11.8 Å². The van der Waals surface area contributed by atoms with E-state index in [9.17, 15) is 10.2 Å². The number of phenolic OH excluding ortho intramolecular Hbond substituents is 4. The quantitative estimate of drug-likeness (QED) is 0.482. The third kappa shape index (κ3) is 2.35. The van der Waals surface area contributed by atoms with Gasteiger partial charge in [-0.15, -0.1) is 0 Å². The van der Waals surface area contributed by atoms with Crippen LogP contribution in [-0.2, 0) is 0 Å². The fraction of sp³-hybridized carbons (Fsp3) is 0. The molecule has 0 fully saturated rings. The SMILES string of the molecule is Oc1ccc(/N=C/c2ccc(O)c(O)c2O)cc1. The third-order valence-electron chi connectivity index (χ3n) is 2.36. The third-order valence-corrected chi connectivity index (χ3v) is 2.36. The van der Waals surface area contributed by atoms with E-state index in [-0.39, 0.29) is 11.3 Å². The summed E-state index contributed by atoms with van der Waals surface area (Å²) in [7, 11) is 0. The Morgan fingerprint density at radius 2 is 1.44 bits per heavy atom. The fourth-order valence-electron chi connectivity index (χ4n) is 1.37. The van der Waals surface area contributed by atoms with E-state index < -0.39 is 17.2 Å². The first kappa shape index (κ1) is 11.8. The second-order valence-electron chi connectivity index (χ2n) is 3.65. The first-order valence-electron chi connectivity index (χ1n) is 5.15. The van der Waals surface area contributed by atoms with Gasteiger partial charge >= 0.3 is 0 Å². The number of rotatable bonds is 2. The van der Waals surface area contributed by atoms with E-state index in [0.717, 1.165) is 0 Å². The second-order valence-corrected chi connectivity index (χ2v) is 3.65. The maximum Gasteiger partial charge on any atom is 0.200 e. The molecule has 0 saturated heterocycles. The largest absolute Gasteiger partial charge is 0.508 e. The molecule has 4 N–H and O–H groups in total. The average molecular weight is 245 g/mol. The molecule has 0 atom stereocenters. The summed E-state index contributed by atoms with van der Waals surface area (Å²) in [6, 6.07) is 8.86. The van der Waals surface area contributed by atoms with Crippen LogP contribution in [0.25, 0.3) is 0 Å². The summed E-state index contributed by atoms with van der Waals surface area (Å²) in [5.74, 6) is -1.27. The van der Waals surface area contributed by atoms with Crippen LogP contribution in [-0.4, -0.2) is 26.6 Å². The molecule has 0 aliphatic rings. The summed E-state index contributed by atoms with van der Waals surface area (Å²) < 4.78 is 0. The average Bonchev–Trinajstić information content (AvgIpc) is 2.37. The zero-order chi connectivity index (χ0) is 13.1. The Morgan fingerprint density at radius 3 is 2.11 bits per heavy atom. The van der Waals surface area contributed by atoms with Crippen molar-refractivity contribution in [1.82, 2.24) is 0 Å². The Balaban J connectivity index is 2.29. The smallest absolute Gasteiger partial charge is 0.200 e. The van der Waals surface area contributed by atoms with Crippen LogP contribution in [0.5, 0.6) is 23.0 Å². The van der Waals surface area contributed by atoms with Gasteiger partial charge in [0.25, 0.3) is 0 Å². The summed E-state index contributed by atoms with van der Waals surface area (Å²) in [6.07, 6.45) is 1.35. The lowest BCUT2D eigenvalue weighted by Crippen LogP contribution is -1.83. The van der Waals surface area contributed by atoms with Gasteiger partial charge in [-0.3, -0.25) is 4.99 Å². The normalized spacial score (nSPS) is 10.9. The fourth-order valence-corrected chi connectivity index (χ4v) is 1.37. The molecule has 0 amide bonds. The summed E-state index contributed by atoms with van der Waals surface area (Å²) in [6.45, 7) is 0. The van der Waals surface area contributed by atoms with E-state index in [1.54, 1.807) is 12.1 Å². The Labute approximate surface area is 103 Å². The van der Waals surface area contributed by atoms with E-state index in [2.05, 4.69) is 4.99 Å². The van der Waals surface area contributed by atoms with E-state index in [1.165, 1.54) is 30.5 Å². The molecule has 2 aromatic rings. The lowest BCUT2D eigenvalue weighted by atomic mass is 10.2. The number of hydrogen-bond donors (Lipinski definition) is 4. The standard InChI is InChI=1S/C13H11NO4/c15-10-4-2-9(3-5-10)14-7-8-1-6-11(16)13(18)12(8)17/h1-7,15-18H/b14-7+. The zero-order valence-electron chi connectivity index (χ0n) is 9.28. The van der Waals surface area contributed by atoms with Crippen molar-refractivity contribution in [2.75, 3.05) is 0 Å². The van der Waals surface area contributed by atoms with Crippen molar-refractivity contribution in [2.24, 2.45) is 4.99 Å². The maximum atomic E-state index is 9.56. The van der Waals surface area contributed by atoms with Crippen LogP contribution in [0.4, 0.5) is 5.69 Å². The van der Waals surface area contributed by atoms with Crippen LogP contribution < -0.4 is 0 Å². The van der Waals surface area contributed by atoms with E-state index >= 15 is 0 Å². The Morgan fingerprint density at radius 1 is 0.778 bits per heavy atom. The van der Waals surface area contributed by atoms with Crippen LogP contribution in [0, 0.1) is 0 Å². The van der Waals surface area contributed by atoms with Gasteiger partial charge < -0.3 is 20.4 Å². The topological polar surface area (TPSA) is 93.3 Å². The monoisotopic (exact) mass is 245 g/mol. The van der Waals surface area contributed by atoms with Gasteiger partial charge in [-0.25, -0.2) is 0 Å². The lowest BCUT2D eigenvalue weighted by molar-refractivity contribution is 0.367. The number of phenols is 4. The Bertz CT molecular complexity index is 591. The number of hydrogen-bond acceptors (Lipinski definition) is 5. The molecule has 92 valence electrons. The maximum absolute atomic E-state index is 9.56. The lowest BCUT2D eigenvalue weighted by Gasteiger charge is -2.03. The number of aromatic hydroxyl groups is 4. The van der Waals surface area contributed by atoms with Crippen LogP contribution in [0.3, 0.4) is 0 Å². The first-order valence-corrected chi connectivity index (χ1v) is 5.15. The van der Waals surface area contributed by atoms with E-state index in [1.807, 2.05) is 0 Å². The zero-order valence-corrected chi connectivity index (χ0v) is 9.28. The molecule has 0 aliphatic heterocycles. The highest BCUT2D eigenvalue weighted by Gasteiger charge is 2.08. The Kier molecular flexibility index (Phi) is 3.05. The summed E-state index contributed by atoms with van der Waals surface area (Å²) in [5, 5.41) is 37.1. The molecule has 0 unspecified atom stereocenters. The van der Waals surface area contributed by atoms with Gasteiger partial charge in [0.2, 0.25) is 5.75 Å². The molecular formula is C13H11NO4. The summed E-state index contributed by atoms with van der Waals surface area (Å²) >= 11 is 0. The summed E-state index contributed by atoms with van der Waals surface area (Å²) in [4.78, 5) is 4.06. The van der Waals surface area contributed by atoms with Crippen molar-refractivity contribution in [3.8, 4) is 23.0 Å². The minimum Gasteiger partial charge on any atom is -0.508 e. The van der Waals surface area contributed by atoms with Gasteiger partial charge in [-0.2, -0.15) is 0 Å². The molecule has 18 heavy (non-hydrogen) atoms. The van der Waals surface area contributed by atoms with E-state index in [0.29, 0.717) is 5.69 Å². The van der Waals surface area contributed by atoms with Gasteiger partial charge in [0.05, 0.1) is 5.69 Å². The molecule has 0 bridgehead atoms. The molecule has 2 aromatic carbocycles. The Hall–Kier alpha value is -2.69. The van der Waals surface area contributed by atoms with Gasteiger partial charge in [0.15, 0.2) is 11.5 Å². The molecule has 5 heteroatoms. The molecule has 0 radical (unpaired) electrons. The van der Waals surface area contributed by atoms with Crippen molar-refractivity contribution in [3.63, 3.8) is 0 Å².